The third-order valence-electron chi connectivity index (χ3n) is 1.60. The Hall–Kier alpha value is 0.0400. The first-order valence-corrected chi connectivity index (χ1v) is 6.60. The van der Waals surface area contributed by atoms with Crippen LogP contribution in [0.5, 0.6) is 0 Å². The van der Waals surface area contributed by atoms with Crippen LogP contribution < -0.4 is 5.32 Å². The van der Waals surface area contributed by atoms with Gasteiger partial charge in [-0.1, -0.05) is 12.8 Å². The minimum Gasteiger partial charge on any atom is -0.317 e. The monoisotopic (exact) mass is 243 g/mol. The minimum atomic E-state index is -2.92. The molecule has 1 rings (SSSR count). The number of hydrogen-bond donors (Lipinski definition) is 3. The van der Waals surface area contributed by atoms with Gasteiger partial charge in [0, 0.05) is 9.13 Å². The Morgan fingerprint density at radius 2 is 1.36 bits per heavy atom. The Kier molecular flexibility index (Phi) is 9.62. The highest BCUT2D eigenvalue weighted by Crippen LogP contribution is 2.30. The lowest BCUT2D eigenvalue weighted by atomic mass is 10.2. The van der Waals surface area contributed by atoms with Gasteiger partial charge < -0.3 is 5.32 Å². The van der Waals surface area contributed by atoms with Crippen LogP contribution in [0.3, 0.4) is 0 Å². The Morgan fingerprint density at radius 1 is 0.929 bits per heavy atom. The van der Waals surface area contributed by atoms with E-state index < -0.39 is 16.5 Å². The zero-order chi connectivity index (χ0) is 10.8. The van der Waals surface area contributed by atoms with Crippen molar-refractivity contribution >= 4 is 16.5 Å². The van der Waals surface area contributed by atoms with Crippen molar-refractivity contribution in [2.45, 2.75) is 25.7 Å². The average Bonchev–Trinajstić information content (AvgIpc) is 2.32. The summed E-state index contributed by atoms with van der Waals surface area (Å²) in [6, 6.07) is 0. The van der Waals surface area contributed by atoms with E-state index in [-0.39, 0.29) is 0 Å². The molecule has 0 aliphatic carbocycles. The van der Waals surface area contributed by atoms with Crippen molar-refractivity contribution in [2.75, 3.05) is 13.1 Å². The second kappa shape index (κ2) is 9.59. The van der Waals surface area contributed by atoms with E-state index in [0.29, 0.717) is 0 Å². The maximum absolute atomic E-state index is 9.39. The highest BCUT2D eigenvalue weighted by Gasteiger charge is 2.31. The summed E-state index contributed by atoms with van der Waals surface area (Å²) in [5.41, 5.74) is 0. The molecule has 0 aromatic carbocycles. The van der Waals surface area contributed by atoms with Crippen LogP contribution in [-0.2, 0) is 13.4 Å². The van der Waals surface area contributed by atoms with Gasteiger partial charge in [0.1, 0.15) is 0 Å². The molecule has 1 heterocycles. The van der Waals surface area contributed by atoms with Gasteiger partial charge in [-0.25, -0.2) is 0 Å². The van der Waals surface area contributed by atoms with Crippen molar-refractivity contribution in [1.82, 2.24) is 5.32 Å². The molecule has 0 bridgehead atoms. The molecule has 3 N–H and O–H groups in total. The van der Waals surface area contributed by atoms with Gasteiger partial charge in [0.25, 0.3) is 0 Å². The lowest BCUT2D eigenvalue weighted by molar-refractivity contribution is 0.371. The average molecular weight is 243 g/mol. The Morgan fingerprint density at radius 3 is 1.64 bits per heavy atom. The Balaban J connectivity index is 0.000000241. The first kappa shape index (κ1) is 14.0. The van der Waals surface area contributed by atoms with E-state index in [1.165, 1.54) is 38.8 Å². The van der Waals surface area contributed by atoms with Crippen LogP contribution in [0.2, 0.25) is 0 Å². The predicted octanol–water partition coefficient (Wildman–Crippen LogP) is 1.45. The van der Waals surface area contributed by atoms with Gasteiger partial charge >= 0.3 is 16.5 Å². The zero-order valence-corrected chi connectivity index (χ0v) is 9.55. The molecule has 8 heteroatoms. The van der Waals surface area contributed by atoms with E-state index in [4.69, 9.17) is 9.79 Å². The molecule has 1 saturated heterocycles. The summed E-state index contributed by atoms with van der Waals surface area (Å²) in [5.74, 6) is 0. The molecule has 14 heavy (non-hydrogen) atoms. The molecule has 2 atom stereocenters. The number of hydrogen-bond acceptors (Lipinski definition) is 4. The van der Waals surface area contributed by atoms with Crippen LogP contribution in [0.25, 0.3) is 0 Å². The zero-order valence-electron chi connectivity index (χ0n) is 7.76. The summed E-state index contributed by atoms with van der Waals surface area (Å²) in [6.45, 7) is 2.50. The van der Waals surface area contributed by atoms with Crippen molar-refractivity contribution in [2.24, 2.45) is 0 Å². The maximum atomic E-state index is 9.39. The summed E-state index contributed by atoms with van der Waals surface area (Å²) in [5, 5.41) is 3.35. The Bertz CT molecular complexity index is 157. The van der Waals surface area contributed by atoms with Crippen molar-refractivity contribution < 1.29 is 23.2 Å². The summed E-state index contributed by atoms with van der Waals surface area (Å²) in [4.78, 5) is 15.3. The van der Waals surface area contributed by atoms with Crippen LogP contribution in [0.15, 0.2) is 0 Å². The molecule has 0 aromatic heterocycles. The molecule has 0 spiro atoms. The Labute approximate surface area is 84.6 Å². The molecule has 0 aromatic rings. The maximum Gasteiger partial charge on any atom is 0.745 e. The fourth-order valence-electron chi connectivity index (χ4n) is 1.04. The smallest absolute Gasteiger partial charge is 0.317 e. The van der Waals surface area contributed by atoms with E-state index in [2.05, 4.69) is 9.63 Å². The number of rotatable bonds is 2. The molecule has 2 unspecified atom stereocenters. The molecule has 6 nitrogen and oxygen atoms in total. The lowest BCUT2D eigenvalue weighted by Gasteiger charge is -1.91. The van der Waals surface area contributed by atoms with Crippen molar-refractivity contribution in [1.29, 1.82) is 0 Å². The second-order valence-electron chi connectivity index (χ2n) is 2.72. The SMILES string of the molecule is C1CCCNCC1.O=[P+](O)O[P+](=O)O. The predicted molar refractivity (Wildman–Crippen MR) is 52.1 cm³/mol. The van der Waals surface area contributed by atoms with E-state index in [1.807, 2.05) is 0 Å². The van der Waals surface area contributed by atoms with Crippen LogP contribution in [0.1, 0.15) is 25.7 Å². The van der Waals surface area contributed by atoms with Gasteiger partial charge in [0.2, 0.25) is 0 Å². The topological polar surface area (TPSA) is 95.9 Å². The van der Waals surface area contributed by atoms with Gasteiger partial charge in [-0.05, 0) is 25.9 Å². The first-order chi connectivity index (χ1) is 6.63. The molecule has 1 aliphatic rings. The van der Waals surface area contributed by atoms with Crippen LogP contribution in [0, 0.1) is 0 Å². The second-order valence-corrected chi connectivity index (χ2v) is 4.33. The minimum absolute atomic E-state index is 1.25. The van der Waals surface area contributed by atoms with Crippen molar-refractivity contribution in [3.8, 4) is 0 Å². The van der Waals surface area contributed by atoms with Gasteiger partial charge in [-0.2, -0.15) is 0 Å². The van der Waals surface area contributed by atoms with Crippen LogP contribution in [-0.4, -0.2) is 22.9 Å². The summed E-state index contributed by atoms with van der Waals surface area (Å²) < 4.78 is 22.2. The van der Waals surface area contributed by atoms with Crippen LogP contribution in [0.4, 0.5) is 0 Å². The van der Waals surface area contributed by atoms with E-state index in [0.717, 1.165) is 0 Å². The summed E-state index contributed by atoms with van der Waals surface area (Å²) >= 11 is 0. The molecule has 0 amide bonds. The first-order valence-electron chi connectivity index (χ1n) is 4.34. The molecule has 0 saturated carbocycles. The standard InChI is InChI=1S/C6H13N.O5P2/c1-2-4-6-7-5-3-1;1-6(2)5-7(3)4/h7H,1-6H2;/p+2. The van der Waals surface area contributed by atoms with Crippen LogP contribution >= 0.6 is 16.5 Å². The lowest BCUT2D eigenvalue weighted by Crippen LogP contribution is -2.12. The molecule has 0 radical (unpaired) electrons. The third-order valence-corrected chi connectivity index (χ3v) is 2.71. The highest BCUT2D eigenvalue weighted by molar-refractivity contribution is 7.46. The third kappa shape index (κ3) is 12.0. The molecule has 82 valence electrons. The van der Waals surface area contributed by atoms with E-state index in [9.17, 15) is 9.13 Å². The van der Waals surface area contributed by atoms with Gasteiger partial charge in [0.05, 0.1) is 0 Å². The fourth-order valence-corrected chi connectivity index (χ4v) is 1.52. The van der Waals surface area contributed by atoms with Crippen molar-refractivity contribution in [3.63, 3.8) is 0 Å². The van der Waals surface area contributed by atoms with Gasteiger partial charge in [-0.15, -0.1) is 9.79 Å². The number of nitrogens with one attached hydrogen (secondary N) is 1. The van der Waals surface area contributed by atoms with Gasteiger partial charge in [-0.3, -0.25) is 0 Å². The largest absolute Gasteiger partial charge is 0.745 e. The van der Waals surface area contributed by atoms with E-state index >= 15 is 0 Å². The molecule has 1 aliphatic heterocycles. The molecular formula is C6H15NO5P2+2. The summed E-state index contributed by atoms with van der Waals surface area (Å²) in [6.07, 6.45) is 5.65. The highest BCUT2D eigenvalue weighted by atomic mass is 31.2. The quantitative estimate of drug-likeness (QED) is 0.635. The fraction of sp³-hybridized carbons (Fsp3) is 1.00. The van der Waals surface area contributed by atoms with E-state index in [1.54, 1.807) is 0 Å². The molecule has 1 fully saturated rings. The molecular weight excluding hydrogens is 228 g/mol. The van der Waals surface area contributed by atoms with Gasteiger partial charge in [0.15, 0.2) is 4.31 Å². The summed E-state index contributed by atoms with van der Waals surface area (Å²) in [7, 11) is -5.85. The normalized spacial score (nSPS) is 18.7. The van der Waals surface area contributed by atoms with Crippen molar-refractivity contribution in [3.05, 3.63) is 0 Å².